The van der Waals surface area contributed by atoms with E-state index < -0.39 is 23.4 Å². The smallest absolute Gasteiger partial charge is 0.381 e. The average molecular weight is 464 g/mol. The van der Waals surface area contributed by atoms with Gasteiger partial charge in [-0.15, -0.1) is 0 Å². The van der Waals surface area contributed by atoms with E-state index in [1.807, 2.05) is 0 Å². The molecule has 0 fully saturated rings. The zero-order valence-corrected chi connectivity index (χ0v) is 17.0. The molecule has 0 aliphatic rings. The number of nitrogens with zero attached hydrogens (tertiary/aromatic N) is 1. The van der Waals surface area contributed by atoms with Crippen LogP contribution in [0, 0.1) is 11.6 Å². The summed E-state index contributed by atoms with van der Waals surface area (Å²) >= 11 is 5.80. The predicted molar refractivity (Wildman–Crippen MR) is 115 cm³/mol. The molecule has 4 rings (SSSR count). The largest absolute Gasteiger partial charge is 0.418 e. The highest BCUT2D eigenvalue weighted by Gasteiger charge is 2.34. The fourth-order valence-electron chi connectivity index (χ4n) is 3.25. The Kier molecular flexibility index (Phi) is 5.88. The van der Waals surface area contributed by atoms with E-state index in [-0.39, 0.29) is 28.2 Å². The number of benzene rings is 3. The third kappa shape index (κ3) is 4.60. The van der Waals surface area contributed by atoms with E-state index in [4.69, 9.17) is 11.6 Å². The second-order valence-corrected chi connectivity index (χ2v) is 7.38. The number of anilines is 3. The van der Waals surface area contributed by atoms with E-state index in [2.05, 4.69) is 15.6 Å². The van der Waals surface area contributed by atoms with Gasteiger partial charge in [0.25, 0.3) is 0 Å². The molecule has 0 unspecified atom stereocenters. The first-order valence-corrected chi connectivity index (χ1v) is 9.79. The predicted octanol–water partition coefficient (Wildman–Crippen LogP) is 7.54. The van der Waals surface area contributed by atoms with Crippen LogP contribution in [0.2, 0.25) is 5.02 Å². The Morgan fingerprint density at radius 2 is 1.66 bits per heavy atom. The van der Waals surface area contributed by atoms with Crippen molar-refractivity contribution >= 4 is 39.6 Å². The third-order valence-electron chi connectivity index (χ3n) is 4.79. The topological polar surface area (TPSA) is 37.0 Å². The van der Waals surface area contributed by atoms with Gasteiger partial charge >= 0.3 is 6.18 Å². The normalized spacial score (nSPS) is 11.6. The highest BCUT2D eigenvalue weighted by Crippen LogP contribution is 2.39. The van der Waals surface area contributed by atoms with Crippen LogP contribution in [-0.2, 0) is 12.7 Å². The molecule has 0 aliphatic carbocycles. The van der Waals surface area contributed by atoms with Gasteiger partial charge in [0.15, 0.2) is 0 Å². The molecule has 0 amide bonds. The van der Waals surface area contributed by atoms with E-state index in [0.717, 1.165) is 12.1 Å². The Hall–Kier alpha value is -3.39. The molecule has 0 saturated heterocycles. The highest BCUT2D eigenvalue weighted by molar-refractivity contribution is 6.31. The van der Waals surface area contributed by atoms with Crippen molar-refractivity contribution in [3.8, 4) is 0 Å². The summed E-state index contributed by atoms with van der Waals surface area (Å²) in [5, 5.41) is 5.86. The molecule has 0 bridgehead atoms. The maximum Gasteiger partial charge on any atom is 0.418 e. The van der Waals surface area contributed by atoms with Crippen LogP contribution >= 0.6 is 11.6 Å². The van der Waals surface area contributed by atoms with Gasteiger partial charge in [-0.1, -0.05) is 29.8 Å². The Morgan fingerprint density at radius 1 is 0.875 bits per heavy atom. The number of pyridine rings is 1. The van der Waals surface area contributed by atoms with Crippen molar-refractivity contribution in [1.82, 2.24) is 4.98 Å². The zero-order chi connectivity index (χ0) is 22.9. The van der Waals surface area contributed by atoms with Gasteiger partial charge in [-0.3, -0.25) is 4.98 Å². The van der Waals surface area contributed by atoms with Gasteiger partial charge in [0.05, 0.1) is 16.1 Å². The number of halogens is 6. The van der Waals surface area contributed by atoms with Crippen LogP contribution in [0.25, 0.3) is 10.9 Å². The number of aromatic nitrogens is 1. The summed E-state index contributed by atoms with van der Waals surface area (Å²) < 4.78 is 68.7. The summed E-state index contributed by atoms with van der Waals surface area (Å²) in [6.07, 6.45) is -3.42. The van der Waals surface area contributed by atoms with E-state index in [1.54, 1.807) is 12.1 Å². The van der Waals surface area contributed by atoms with E-state index in [1.165, 1.54) is 42.6 Å². The van der Waals surface area contributed by atoms with Crippen LogP contribution in [0.15, 0.2) is 66.9 Å². The maximum atomic E-state index is 13.9. The lowest BCUT2D eigenvalue weighted by molar-refractivity contribution is -0.136. The van der Waals surface area contributed by atoms with E-state index in [9.17, 15) is 22.0 Å². The van der Waals surface area contributed by atoms with Gasteiger partial charge in [-0.25, -0.2) is 8.78 Å². The Morgan fingerprint density at radius 3 is 2.38 bits per heavy atom. The monoisotopic (exact) mass is 463 g/mol. The molecule has 0 spiro atoms. The first kappa shape index (κ1) is 21.8. The lowest BCUT2D eigenvalue weighted by Crippen LogP contribution is -2.09. The molecule has 9 heteroatoms. The summed E-state index contributed by atoms with van der Waals surface area (Å²) in [7, 11) is 0. The van der Waals surface area contributed by atoms with Gasteiger partial charge in [0.1, 0.15) is 11.6 Å². The Labute approximate surface area is 184 Å². The standard InChI is InChI=1S/C23H15ClF5N3/c24-18-11-14(5-6-20(18)26)32-21-7-8-30-22-16(21)9-15(10-17(22)23(27,28)29)31-12-13-3-1-2-4-19(13)25/h1-11,31H,12H2,(H,30,32). The summed E-state index contributed by atoms with van der Waals surface area (Å²) in [6, 6.07) is 13.8. The van der Waals surface area contributed by atoms with Crippen LogP contribution < -0.4 is 10.6 Å². The van der Waals surface area contributed by atoms with Gasteiger partial charge < -0.3 is 10.6 Å². The van der Waals surface area contributed by atoms with Crippen molar-refractivity contribution in [2.45, 2.75) is 12.7 Å². The van der Waals surface area contributed by atoms with Crippen molar-refractivity contribution in [3.05, 3.63) is 94.6 Å². The number of nitrogens with one attached hydrogen (secondary N) is 2. The molecule has 164 valence electrons. The lowest BCUT2D eigenvalue weighted by atomic mass is 10.1. The number of hydrogen-bond acceptors (Lipinski definition) is 3. The van der Waals surface area contributed by atoms with Crippen LogP contribution in [-0.4, -0.2) is 4.98 Å². The van der Waals surface area contributed by atoms with E-state index in [0.29, 0.717) is 16.9 Å². The van der Waals surface area contributed by atoms with Gasteiger partial charge in [-0.2, -0.15) is 13.2 Å². The maximum absolute atomic E-state index is 13.9. The molecule has 3 nitrogen and oxygen atoms in total. The van der Waals surface area contributed by atoms with Crippen molar-refractivity contribution < 1.29 is 22.0 Å². The number of rotatable bonds is 5. The molecule has 2 N–H and O–H groups in total. The molecule has 0 atom stereocenters. The molecule has 1 heterocycles. The molecule has 32 heavy (non-hydrogen) atoms. The van der Waals surface area contributed by atoms with Crippen molar-refractivity contribution in [2.75, 3.05) is 10.6 Å². The van der Waals surface area contributed by atoms with E-state index >= 15 is 0 Å². The minimum atomic E-state index is -4.67. The average Bonchev–Trinajstić information content (AvgIpc) is 2.75. The van der Waals surface area contributed by atoms with Gasteiger partial charge in [0, 0.05) is 40.8 Å². The lowest BCUT2D eigenvalue weighted by Gasteiger charge is -2.17. The summed E-state index contributed by atoms with van der Waals surface area (Å²) in [5.41, 5.74) is -0.0354. The highest BCUT2D eigenvalue weighted by atomic mass is 35.5. The quantitative estimate of drug-likeness (QED) is 0.300. The summed E-state index contributed by atoms with van der Waals surface area (Å²) in [6.45, 7) is -0.00787. The molecular formula is C23H15ClF5N3. The zero-order valence-electron chi connectivity index (χ0n) is 16.3. The van der Waals surface area contributed by atoms with Crippen LogP contribution in [0.3, 0.4) is 0 Å². The first-order valence-electron chi connectivity index (χ1n) is 9.41. The summed E-state index contributed by atoms with van der Waals surface area (Å²) in [5.74, 6) is -1.08. The fraction of sp³-hybridized carbons (Fsp3) is 0.0870. The molecule has 0 aliphatic heterocycles. The van der Waals surface area contributed by atoms with Crippen LogP contribution in [0.5, 0.6) is 0 Å². The molecule has 3 aromatic carbocycles. The van der Waals surface area contributed by atoms with Crippen molar-refractivity contribution in [3.63, 3.8) is 0 Å². The number of alkyl halides is 3. The minimum Gasteiger partial charge on any atom is -0.381 e. The Balaban J connectivity index is 1.77. The second kappa shape index (κ2) is 8.63. The molecular weight excluding hydrogens is 449 g/mol. The van der Waals surface area contributed by atoms with Crippen LogP contribution in [0.4, 0.5) is 39.0 Å². The minimum absolute atomic E-state index is 0.00787. The molecule has 1 aromatic heterocycles. The number of fused-ring (bicyclic) bond motifs is 1. The summed E-state index contributed by atoms with van der Waals surface area (Å²) in [4.78, 5) is 3.92. The first-order chi connectivity index (χ1) is 15.2. The molecule has 0 saturated carbocycles. The van der Waals surface area contributed by atoms with Crippen LogP contribution in [0.1, 0.15) is 11.1 Å². The fourth-order valence-corrected chi connectivity index (χ4v) is 3.43. The number of hydrogen-bond donors (Lipinski definition) is 2. The Bertz CT molecular complexity index is 1290. The second-order valence-electron chi connectivity index (χ2n) is 6.98. The van der Waals surface area contributed by atoms with Gasteiger partial charge in [-0.05, 0) is 42.5 Å². The van der Waals surface area contributed by atoms with Crippen molar-refractivity contribution in [2.24, 2.45) is 0 Å². The third-order valence-corrected chi connectivity index (χ3v) is 5.08. The molecule has 0 radical (unpaired) electrons. The molecule has 4 aromatic rings. The van der Waals surface area contributed by atoms with Crippen molar-refractivity contribution in [1.29, 1.82) is 0 Å². The SMILES string of the molecule is Fc1ccc(Nc2ccnc3c(C(F)(F)F)cc(NCc4ccccc4F)cc23)cc1Cl. The van der Waals surface area contributed by atoms with Gasteiger partial charge in [0.2, 0.25) is 0 Å².